The second-order valence-corrected chi connectivity index (χ2v) is 6.78. The molecule has 0 radical (unpaired) electrons. The van der Waals surface area contributed by atoms with Crippen LogP contribution in [-0.2, 0) is 4.79 Å². The van der Waals surface area contributed by atoms with E-state index in [0.29, 0.717) is 22.0 Å². The maximum absolute atomic E-state index is 13.2. The topological polar surface area (TPSA) is 88.6 Å². The third kappa shape index (κ3) is 3.65. The number of nitrogens with zero attached hydrogens (tertiary/aromatic N) is 2. The highest BCUT2D eigenvalue weighted by atomic mass is 32.1. The predicted molar refractivity (Wildman–Crippen MR) is 103 cm³/mol. The van der Waals surface area contributed by atoms with Gasteiger partial charge in [-0.1, -0.05) is 0 Å². The van der Waals surface area contributed by atoms with E-state index in [1.807, 2.05) is 5.38 Å². The van der Waals surface area contributed by atoms with Crippen LogP contribution >= 0.6 is 11.3 Å². The van der Waals surface area contributed by atoms with Crippen LogP contribution in [0, 0.1) is 5.82 Å². The number of benzene rings is 1. The molecular formula is C19H15FN4O3S. The van der Waals surface area contributed by atoms with E-state index in [2.05, 4.69) is 15.6 Å². The zero-order valence-electron chi connectivity index (χ0n) is 14.5. The summed E-state index contributed by atoms with van der Waals surface area (Å²) in [7, 11) is 0. The molecule has 0 saturated carbocycles. The van der Waals surface area contributed by atoms with E-state index < -0.39 is 0 Å². The van der Waals surface area contributed by atoms with Gasteiger partial charge in [0.2, 0.25) is 5.91 Å². The highest BCUT2D eigenvalue weighted by molar-refractivity contribution is 7.15. The average molecular weight is 398 g/mol. The Morgan fingerprint density at radius 3 is 2.79 bits per heavy atom. The van der Waals surface area contributed by atoms with Gasteiger partial charge in [-0.3, -0.25) is 14.0 Å². The molecule has 0 atom stereocenters. The van der Waals surface area contributed by atoms with E-state index in [1.54, 1.807) is 34.9 Å². The van der Waals surface area contributed by atoms with Gasteiger partial charge in [-0.2, -0.15) is 0 Å². The fraction of sp³-hybridized carbons (Fsp3) is 0.105. The number of anilines is 1. The van der Waals surface area contributed by atoms with E-state index in [-0.39, 0.29) is 36.4 Å². The van der Waals surface area contributed by atoms with Crippen LogP contribution in [0.3, 0.4) is 0 Å². The fourth-order valence-electron chi connectivity index (χ4n) is 2.69. The number of rotatable bonds is 6. The van der Waals surface area contributed by atoms with Crippen LogP contribution in [0.25, 0.3) is 16.2 Å². The summed E-state index contributed by atoms with van der Waals surface area (Å²) >= 11 is 1.43. The molecule has 0 saturated heterocycles. The average Bonchev–Trinajstić information content (AvgIpc) is 3.41. The summed E-state index contributed by atoms with van der Waals surface area (Å²) in [6, 6.07) is 9.08. The van der Waals surface area contributed by atoms with Crippen molar-refractivity contribution in [3.05, 3.63) is 65.8 Å². The molecule has 0 aliphatic carbocycles. The van der Waals surface area contributed by atoms with Crippen molar-refractivity contribution in [3.8, 4) is 11.3 Å². The summed E-state index contributed by atoms with van der Waals surface area (Å²) < 4.78 is 20.0. The van der Waals surface area contributed by atoms with Gasteiger partial charge in [0.1, 0.15) is 17.3 Å². The third-order valence-corrected chi connectivity index (χ3v) is 4.78. The van der Waals surface area contributed by atoms with E-state index in [9.17, 15) is 14.0 Å². The zero-order valence-corrected chi connectivity index (χ0v) is 15.3. The molecular weight excluding hydrogens is 383 g/mol. The van der Waals surface area contributed by atoms with E-state index in [1.165, 1.54) is 29.7 Å². The monoisotopic (exact) mass is 398 g/mol. The molecule has 0 bridgehead atoms. The van der Waals surface area contributed by atoms with E-state index in [0.717, 1.165) is 0 Å². The van der Waals surface area contributed by atoms with E-state index >= 15 is 0 Å². The maximum atomic E-state index is 13.2. The molecule has 3 heterocycles. The number of hydrogen-bond donors (Lipinski definition) is 2. The smallest absolute Gasteiger partial charge is 0.286 e. The van der Waals surface area contributed by atoms with Crippen LogP contribution < -0.4 is 10.6 Å². The fourth-order valence-corrected chi connectivity index (χ4v) is 3.41. The molecule has 9 heteroatoms. The normalized spacial score (nSPS) is 10.9. The molecule has 28 heavy (non-hydrogen) atoms. The lowest BCUT2D eigenvalue weighted by Gasteiger charge is -2.08. The highest BCUT2D eigenvalue weighted by Crippen LogP contribution is 2.30. The Hall–Kier alpha value is -3.46. The molecule has 2 N–H and O–H groups in total. The molecule has 142 valence electrons. The number of amides is 2. The first-order chi connectivity index (χ1) is 13.6. The number of halogens is 1. The van der Waals surface area contributed by atoms with Crippen molar-refractivity contribution < 1.29 is 18.4 Å². The minimum atomic E-state index is -0.380. The first-order valence-corrected chi connectivity index (χ1v) is 9.33. The molecule has 4 aromatic rings. The van der Waals surface area contributed by atoms with Crippen LogP contribution in [0.5, 0.6) is 0 Å². The minimum Gasteiger partial charge on any atom is -0.459 e. The summed E-state index contributed by atoms with van der Waals surface area (Å²) in [6.45, 7) is 0.156. The summed E-state index contributed by atoms with van der Waals surface area (Å²) in [5, 5.41) is 7.32. The van der Waals surface area contributed by atoms with Crippen molar-refractivity contribution in [3.63, 3.8) is 0 Å². The first kappa shape index (κ1) is 17.9. The van der Waals surface area contributed by atoms with Gasteiger partial charge in [0, 0.05) is 30.1 Å². The standard InChI is InChI=1S/C19H15FN4O3S/c20-13-5-3-12(4-6-13)16-17(24-9-11-28-19(24)23-16)22-15(25)7-8-21-18(26)14-2-1-10-27-14/h1-6,9-11H,7-8H2,(H,21,26)(H,22,25). The van der Waals surface area contributed by atoms with Crippen LogP contribution in [-0.4, -0.2) is 27.7 Å². The van der Waals surface area contributed by atoms with Gasteiger partial charge in [-0.15, -0.1) is 11.3 Å². The molecule has 7 nitrogen and oxygen atoms in total. The van der Waals surface area contributed by atoms with Gasteiger partial charge in [0.05, 0.1) is 6.26 Å². The third-order valence-electron chi connectivity index (χ3n) is 4.02. The Labute approximate surface area is 162 Å². The van der Waals surface area contributed by atoms with Gasteiger partial charge >= 0.3 is 0 Å². The SMILES string of the molecule is O=C(CCNC(=O)c1ccco1)Nc1c(-c2ccc(F)cc2)nc2sccn12. The highest BCUT2D eigenvalue weighted by Gasteiger charge is 2.17. The quantitative estimate of drug-likeness (QED) is 0.520. The van der Waals surface area contributed by atoms with Crippen molar-refractivity contribution in [2.45, 2.75) is 6.42 Å². The molecule has 0 fully saturated rings. The largest absolute Gasteiger partial charge is 0.459 e. The molecule has 0 aliphatic rings. The summed E-state index contributed by atoms with van der Waals surface area (Å²) in [6.07, 6.45) is 3.28. The number of thiazole rings is 1. The molecule has 3 aromatic heterocycles. The summed E-state index contributed by atoms with van der Waals surface area (Å²) in [4.78, 5) is 29.5. The Bertz CT molecular complexity index is 1120. The molecule has 0 spiro atoms. The number of fused-ring (bicyclic) bond motifs is 1. The van der Waals surface area contributed by atoms with Crippen molar-refractivity contribution in [2.24, 2.45) is 0 Å². The number of imidazole rings is 1. The lowest BCUT2D eigenvalue weighted by atomic mass is 10.1. The number of carbonyl (C=O) groups excluding carboxylic acids is 2. The number of carbonyl (C=O) groups is 2. The molecule has 4 rings (SSSR count). The number of aromatic nitrogens is 2. The lowest BCUT2D eigenvalue weighted by molar-refractivity contribution is -0.116. The van der Waals surface area contributed by atoms with Gasteiger partial charge in [-0.05, 0) is 36.4 Å². The number of hydrogen-bond acceptors (Lipinski definition) is 5. The Morgan fingerprint density at radius 1 is 1.21 bits per heavy atom. The lowest BCUT2D eigenvalue weighted by Crippen LogP contribution is -2.27. The van der Waals surface area contributed by atoms with Crippen molar-refractivity contribution >= 4 is 33.9 Å². The number of nitrogens with one attached hydrogen (secondary N) is 2. The minimum absolute atomic E-state index is 0.0761. The van der Waals surface area contributed by atoms with Gasteiger partial charge in [0.15, 0.2) is 10.7 Å². The van der Waals surface area contributed by atoms with Gasteiger partial charge in [0.25, 0.3) is 5.91 Å². The van der Waals surface area contributed by atoms with Crippen molar-refractivity contribution in [2.75, 3.05) is 11.9 Å². The second kappa shape index (κ2) is 7.65. The van der Waals surface area contributed by atoms with Crippen LogP contribution in [0.15, 0.2) is 58.7 Å². The zero-order chi connectivity index (χ0) is 19.5. The molecule has 0 aliphatic heterocycles. The van der Waals surface area contributed by atoms with Gasteiger partial charge < -0.3 is 15.1 Å². The van der Waals surface area contributed by atoms with Crippen molar-refractivity contribution in [1.29, 1.82) is 0 Å². The maximum Gasteiger partial charge on any atom is 0.286 e. The molecule has 0 unspecified atom stereocenters. The van der Waals surface area contributed by atoms with Gasteiger partial charge in [-0.25, -0.2) is 9.37 Å². The Morgan fingerprint density at radius 2 is 2.04 bits per heavy atom. The van der Waals surface area contributed by atoms with Crippen molar-refractivity contribution in [1.82, 2.24) is 14.7 Å². The second-order valence-electron chi connectivity index (χ2n) is 5.90. The first-order valence-electron chi connectivity index (χ1n) is 8.45. The Balaban J connectivity index is 1.47. The van der Waals surface area contributed by atoms with Crippen LogP contribution in [0.2, 0.25) is 0 Å². The van der Waals surface area contributed by atoms with Crippen LogP contribution in [0.4, 0.5) is 10.2 Å². The summed E-state index contributed by atoms with van der Waals surface area (Å²) in [5.74, 6) is -0.312. The number of furan rings is 1. The predicted octanol–water partition coefficient (Wildman–Crippen LogP) is 3.55. The summed E-state index contributed by atoms with van der Waals surface area (Å²) in [5.41, 5.74) is 1.25. The Kier molecular flexibility index (Phi) is 4.90. The molecule has 2 amide bonds. The van der Waals surface area contributed by atoms with E-state index in [4.69, 9.17) is 4.42 Å². The molecule has 1 aromatic carbocycles. The van der Waals surface area contributed by atoms with Crippen LogP contribution in [0.1, 0.15) is 17.0 Å².